The average molecular weight is 296 g/mol. The number of fused-ring (bicyclic) bond motifs is 1. The van der Waals surface area contributed by atoms with E-state index < -0.39 is 0 Å². The Morgan fingerprint density at radius 3 is 2.60 bits per heavy atom. The maximum Gasteiger partial charge on any atom is 0.328 e. The van der Waals surface area contributed by atoms with Gasteiger partial charge in [-0.3, -0.25) is 0 Å². The molecular weight excluding hydrogens is 274 g/mol. The molecule has 1 heterocycles. The van der Waals surface area contributed by atoms with Crippen LogP contribution in [0.5, 0.6) is 0 Å². The summed E-state index contributed by atoms with van der Waals surface area (Å²) in [5.41, 5.74) is 1.16. The first kappa shape index (κ1) is 15.2. The van der Waals surface area contributed by atoms with Crippen LogP contribution in [0.3, 0.4) is 0 Å². The van der Waals surface area contributed by atoms with Gasteiger partial charge >= 0.3 is 5.97 Å². The number of carbonyl (C=O) groups is 1. The average Bonchev–Trinajstić information content (AvgIpc) is 2.86. The van der Waals surface area contributed by atoms with Gasteiger partial charge in [0.25, 0.3) is 0 Å². The van der Waals surface area contributed by atoms with Crippen molar-refractivity contribution in [1.29, 1.82) is 0 Å². The summed E-state index contributed by atoms with van der Waals surface area (Å²) in [6, 6.07) is 10.7. The monoisotopic (exact) mass is 295 g/mol. The van der Waals surface area contributed by atoms with E-state index in [9.17, 15) is 4.79 Å². The Balaban J connectivity index is 0.00000147. The van der Waals surface area contributed by atoms with E-state index in [-0.39, 0.29) is 24.4 Å². The molecule has 3 rings (SSSR count). The van der Waals surface area contributed by atoms with Crippen LogP contribution in [0.25, 0.3) is 0 Å². The Bertz CT molecular complexity index is 451. The summed E-state index contributed by atoms with van der Waals surface area (Å²) in [4.78, 5) is 14.4. The predicted molar refractivity (Wildman–Crippen MR) is 82.3 cm³/mol. The van der Waals surface area contributed by atoms with Gasteiger partial charge in [0.05, 0.1) is 7.11 Å². The first-order chi connectivity index (χ1) is 9.31. The molecule has 0 bridgehead atoms. The Labute approximate surface area is 126 Å². The highest BCUT2D eigenvalue weighted by atomic mass is 35.5. The summed E-state index contributed by atoms with van der Waals surface area (Å²) in [7, 11) is 1.49. The lowest BCUT2D eigenvalue weighted by atomic mass is 9.84. The maximum atomic E-state index is 12.1. The number of hydrogen-bond donors (Lipinski definition) is 0. The molecule has 3 atom stereocenters. The van der Waals surface area contributed by atoms with Gasteiger partial charge in [0.2, 0.25) is 0 Å². The molecule has 0 N–H and O–H groups in total. The van der Waals surface area contributed by atoms with E-state index in [2.05, 4.69) is 17.0 Å². The molecule has 1 aromatic rings. The minimum atomic E-state index is -0.0968. The molecule has 2 fully saturated rings. The van der Waals surface area contributed by atoms with Crippen molar-refractivity contribution in [3.63, 3.8) is 0 Å². The minimum absolute atomic E-state index is 0. The van der Waals surface area contributed by atoms with Crippen molar-refractivity contribution in [2.45, 2.75) is 44.2 Å². The molecule has 3 unspecified atom stereocenters. The number of ether oxygens (including phenoxy) is 1. The summed E-state index contributed by atoms with van der Waals surface area (Å²) >= 11 is 0. The molecule has 0 spiro atoms. The highest BCUT2D eigenvalue weighted by Gasteiger charge is 2.45. The number of hydrogen-bond acceptors (Lipinski definition) is 3. The fraction of sp³-hybridized carbons (Fsp3) is 0.562. The number of esters is 1. The first-order valence-corrected chi connectivity index (χ1v) is 7.22. The van der Waals surface area contributed by atoms with E-state index in [0.717, 1.165) is 12.1 Å². The van der Waals surface area contributed by atoms with E-state index in [4.69, 9.17) is 4.74 Å². The van der Waals surface area contributed by atoms with Gasteiger partial charge < -0.3 is 9.64 Å². The van der Waals surface area contributed by atoms with Gasteiger partial charge in [-0.2, -0.15) is 0 Å². The summed E-state index contributed by atoms with van der Waals surface area (Å²) in [6.45, 7) is 0. The van der Waals surface area contributed by atoms with Crippen LogP contribution in [0.4, 0.5) is 5.69 Å². The molecule has 1 aliphatic heterocycles. The number of benzene rings is 1. The van der Waals surface area contributed by atoms with E-state index in [1.165, 1.54) is 32.8 Å². The van der Waals surface area contributed by atoms with Crippen LogP contribution in [0.15, 0.2) is 30.3 Å². The molecule has 1 saturated heterocycles. The Kier molecular flexibility index (Phi) is 4.92. The number of nitrogens with zero attached hydrogens (tertiary/aromatic N) is 1. The number of rotatable bonds is 2. The second kappa shape index (κ2) is 6.49. The zero-order chi connectivity index (χ0) is 13.2. The smallest absolute Gasteiger partial charge is 0.328 e. The maximum absolute atomic E-state index is 12.1. The topological polar surface area (TPSA) is 29.5 Å². The highest BCUT2D eigenvalue weighted by Crippen LogP contribution is 2.42. The van der Waals surface area contributed by atoms with Crippen LogP contribution >= 0.6 is 12.4 Å². The van der Waals surface area contributed by atoms with E-state index in [1.807, 2.05) is 18.2 Å². The van der Waals surface area contributed by atoms with Gasteiger partial charge in [-0.15, -0.1) is 12.4 Å². The van der Waals surface area contributed by atoms with Gasteiger partial charge in [-0.25, -0.2) is 4.79 Å². The zero-order valence-corrected chi connectivity index (χ0v) is 12.6. The Hall–Kier alpha value is -1.22. The second-order valence-corrected chi connectivity index (χ2v) is 5.63. The molecule has 0 amide bonds. The molecule has 0 aromatic heterocycles. The summed E-state index contributed by atoms with van der Waals surface area (Å²) < 4.78 is 5.01. The molecule has 1 aromatic carbocycles. The fourth-order valence-corrected chi connectivity index (χ4v) is 3.78. The fourth-order valence-electron chi connectivity index (χ4n) is 3.78. The van der Waals surface area contributed by atoms with Crippen LogP contribution in [0, 0.1) is 5.92 Å². The molecule has 110 valence electrons. The third kappa shape index (κ3) is 2.64. The van der Waals surface area contributed by atoms with Crippen LogP contribution < -0.4 is 4.90 Å². The lowest BCUT2D eigenvalue weighted by molar-refractivity contribution is -0.142. The van der Waals surface area contributed by atoms with Gasteiger partial charge in [-0.1, -0.05) is 31.0 Å². The highest BCUT2D eigenvalue weighted by molar-refractivity contribution is 5.85. The van der Waals surface area contributed by atoms with Crippen LogP contribution in [0.2, 0.25) is 0 Å². The van der Waals surface area contributed by atoms with Gasteiger partial charge in [0, 0.05) is 11.7 Å². The van der Waals surface area contributed by atoms with Gasteiger partial charge in [-0.05, 0) is 37.3 Å². The number of para-hydroxylation sites is 1. The number of anilines is 1. The molecule has 0 radical (unpaired) electrons. The summed E-state index contributed by atoms with van der Waals surface area (Å²) in [5, 5.41) is 0. The largest absolute Gasteiger partial charge is 0.467 e. The van der Waals surface area contributed by atoms with E-state index in [1.54, 1.807) is 0 Å². The van der Waals surface area contributed by atoms with Crippen molar-refractivity contribution in [3.8, 4) is 0 Å². The van der Waals surface area contributed by atoms with Crippen molar-refractivity contribution in [1.82, 2.24) is 0 Å². The van der Waals surface area contributed by atoms with Crippen LogP contribution in [-0.4, -0.2) is 25.2 Å². The van der Waals surface area contributed by atoms with Crippen molar-refractivity contribution in [3.05, 3.63) is 30.3 Å². The Morgan fingerprint density at radius 2 is 1.90 bits per heavy atom. The van der Waals surface area contributed by atoms with Crippen molar-refractivity contribution in [2.24, 2.45) is 5.92 Å². The van der Waals surface area contributed by atoms with Crippen molar-refractivity contribution < 1.29 is 9.53 Å². The zero-order valence-electron chi connectivity index (χ0n) is 11.8. The number of halogens is 1. The molecular formula is C16H22ClNO2. The number of methoxy groups -OCH3 is 1. The summed E-state index contributed by atoms with van der Waals surface area (Å²) in [6.07, 6.45) is 5.98. The molecule has 2 aliphatic rings. The first-order valence-electron chi connectivity index (χ1n) is 7.22. The quantitative estimate of drug-likeness (QED) is 0.783. The van der Waals surface area contributed by atoms with Gasteiger partial charge in [0.1, 0.15) is 6.04 Å². The minimum Gasteiger partial charge on any atom is -0.467 e. The third-order valence-electron chi connectivity index (χ3n) is 4.62. The van der Waals surface area contributed by atoms with Crippen molar-refractivity contribution >= 4 is 24.1 Å². The predicted octanol–water partition coefficient (Wildman–Crippen LogP) is 3.42. The molecule has 4 heteroatoms. The number of carbonyl (C=O) groups excluding carboxylic acids is 1. The normalized spacial score (nSPS) is 28.4. The van der Waals surface area contributed by atoms with Gasteiger partial charge in [0.15, 0.2) is 0 Å². The second-order valence-electron chi connectivity index (χ2n) is 5.63. The summed E-state index contributed by atoms with van der Waals surface area (Å²) in [5.74, 6) is 0.566. The Morgan fingerprint density at radius 1 is 1.20 bits per heavy atom. The van der Waals surface area contributed by atoms with E-state index in [0.29, 0.717) is 12.0 Å². The SMILES string of the molecule is COC(=O)C1CC2CCCCC2N1c1ccccc1.Cl. The third-order valence-corrected chi connectivity index (χ3v) is 4.62. The molecule has 3 nitrogen and oxygen atoms in total. The molecule has 1 aliphatic carbocycles. The lowest BCUT2D eigenvalue weighted by Gasteiger charge is -2.35. The standard InChI is InChI=1S/C16H21NO2.ClH/c1-19-16(18)15-11-12-7-5-6-10-14(12)17(15)13-8-3-2-4-9-13;/h2-4,8-9,12,14-15H,5-7,10-11H2,1H3;1H. The molecule has 1 saturated carbocycles. The van der Waals surface area contributed by atoms with Crippen LogP contribution in [0.1, 0.15) is 32.1 Å². The van der Waals surface area contributed by atoms with E-state index >= 15 is 0 Å². The molecule has 20 heavy (non-hydrogen) atoms. The van der Waals surface area contributed by atoms with Crippen molar-refractivity contribution in [2.75, 3.05) is 12.0 Å². The lowest BCUT2D eigenvalue weighted by Crippen LogP contribution is -2.42. The van der Waals surface area contributed by atoms with Crippen LogP contribution in [-0.2, 0) is 9.53 Å².